The zero-order valence-electron chi connectivity index (χ0n) is 11.3. The second kappa shape index (κ2) is 5.81. The Kier molecular flexibility index (Phi) is 4.49. The van der Waals surface area contributed by atoms with Gasteiger partial charge in [-0.05, 0) is 31.9 Å². The highest BCUT2D eigenvalue weighted by Gasteiger charge is 2.21. The number of sulfonamides is 1. The number of aromatic nitrogens is 1. The second-order valence-corrected chi connectivity index (χ2v) is 8.19. The average molecular weight is 331 g/mol. The molecular weight excluding hydrogens is 316 g/mol. The summed E-state index contributed by atoms with van der Waals surface area (Å²) >= 11 is 6.62. The predicted molar refractivity (Wildman–Crippen MR) is 81.8 cm³/mol. The minimum atomic E-state index is -3.59. The van der Waals surface area contributed by atoms with Gasteiger partial charge in [-0.25, -0.2) is 18.1 Å². The van der Waals surface area contributed by atoms with Gasteiger partial charge in [0.2, 0.25) is 0 Å². The highest BCUT2D eigenvalue weighted by molar-refractivity contribution is 7.91. The monoisotopic (exact) mass is 330 g/mol. The fourth-order valence-corrected chi connectivity index (χ4v) is 4.48. The van der Waals surface area contributed by atoms with Crippen LogP contribution in [0.4, 0.5) is 0 Å². The number of hydrogen-bond donors (Lipinski definition) is 1. The van der Waals surface area contributed by atoms with E-state index in [9.17, 15) is 8.42 Å². The maximum atomic E-state index is 12.2. The van der Waals surface area contributed by atoms with Gasteiger partial charge in [0.1, 0.15) is 0 Å². The van der Waals surface area contributed by atoms with E-state index in [1.54, 1.807) is 0 Å². The van der Waals surface area contributed by atoms with Crippen LogP contribution in [0.3, 0.4) is 0 Å². The molecule has 0 aliphatic carbocycles. The lowest BCUT2D eigenvalue weighted by Gasteiger charge is -2.16. The number of aryl methyl sites for hydroxylation is 2. The van der Waals surface area contributed by atoms with Crippen molar-refractivity contribution >= 4 is 33.0 Å². The smallest absolute Gasteiger partial charge is 0.232 e. The highest BCUT2D eigenvalue weighted by Crippen LogP contribution is 2.25. The first kappa shape index (κ1) is 15.4. The molecule has 0 spiro atoms. The Labute approximate surface area is 127 Å². The minimum absolute atomic E-state index is 0.125. The van der Waals surface area contributed by atoms with E-state index in [2.05, 4.69) is 9.71 Å². The van der Waals surface area contributed by atoms with Crippen LogP contribution in [0.2, 0.25) is 4.47 Å². The Morgan fingerprint density at radius 2 is 2.05 bits per heavy atom. The van der Waals surface area contributed by atoms with Crippen molar-refractivity contribution in [2.75, 3.05) is 0 Å². The molecule has 0 radical (unpaired) electrons. The molecule has 0 bridgehead atoms. The predicted octanol–water partition coefficient (Wildman–Crippen LogP) is 3.45. The molecule has 1 aromatic carbocycles. The normalized spacial score (nSPS) is 13.4. The van der Waals surface area contributed by atoms with Crippen LogP contribution < -0.4 is 4.72 Å². The summed E-state index contributed by atoms with van der Waals surface area (Å²) < 4.78 is 27.4. The van der Waals surface area contributed by atoms with Gasteiger partial charge in [-0.1, -0.05) is 46.7 Å². The lowest BCUT2D eigenvalue weighted by molar-refractivity contribution is 0.568. The third-order valence-corrected chi connectivity index (χ3v) is 6.07. The molecule has 4 nitrogen and oxygen atoms in total. The van der Waals surface area contributed by atoms with Gasteiger partial charge in [0.15, 0.2) is 8.68 Å². The summed E-state index contributed by atoms with van der Waals surface area (Å²) in [6.45, 7) is 5.76. The molecule has 1 heterocycles. The van der Waals surface area contributed by atoms with Crippen molar-refractivity contribution in [3.05, 3.63) is 45.6 Å². The Bertz CT molecular complexity index is 726. The number of halogens is 1. The molecule has 0 amide bonds. The summed E-state index contributed by atoms with van der Waals surface area (Å²) in [7, 11) is -3.59. The third kappa shape index (κ3) is 3.38. The minimum Gasteiger partial charge on any atom is -0.232 e. The van der Waals surface area contributed by atoms with Gasteiger partial charge >= 0.3 is 0 Å². The van der Waals surface area contributed by atoms with E-state index in [0.717, 1.165) is 28.0 Å². The van der Waals surface area contributed by atoms with Crippen molar-refractivity contribution in [3.63, 3.8) is 0 Å². The van der Waals surface area contributed by atoms with E-state index in [-0.39, 0.29) is 14.7 Å². The van der Waals surface area contributed by atoms with Crippen molar-refractivity contribution < 1.29 is 8.42 Å². The summed E-state index contributed by atoms with van der Waals surface area (Å²) in [6, 6.07) is 5.66. The third-order valence-electron chi connectivity index (χ3n) is 2.95. The molecule has 2 aromatic rings. The van der Waals surface area contributed by atoms with Crippen molar-refractivity contribution in [2.24, 2.45) is 0 Å². The molecule has 0 saturated carbocycles. The number of thiazole rings is 1. The van der Waals surface area contributed by atoms with Gasteiger partial charge in [0.05, 0.1) is 6.20 Å². The van der Waals surface area contributed by atoms with E-state index < -0.39 is 10.0 Å². The molecule has 0 aliphatic heterocycles. The van der Waals surface area contributed by atoms with Gasteiger partial charge in [-0.3, -0.25) is 0 Å². The maximum absolute atomic E-state index is 12.2. The number of benzene rings is 1. The summed E-state index contributed by atoms with van der Waals surface area (Å²) in [6.07, 6.45) is 1.27. The average Bonchev–Trinajstić information content (AvgIpc) is 2.79. The zero-order valence-corrected chi connectivity index (χ0v) is 13.7. The van der Waals surface area contributed by atoms with E-state index >= 15 is 0 Å². The van der Waals surface area contributed by atoms with Gasteiger partial charge in [-0.2, -0.15) is 0 Å². The molecule has 20 heavy (non-hydrogen) atoms. The van der Waals surface area contributed by atoms with Crippen molar-refractivity contribution in [2.45, 2.75) is 31.0 Å². The summed E-state index contributed by atoms with van der Waals surface area (Å²) in [4.78, 5) is 3.76. The Hall–Kier alpha value is -0.950. The molecule has 1 aromatic heterocycles. The molecule has 1 atom stereocenters. The summed E-state index contributed by atoms with van der Waals surface area (Å²) in [5.74, 6) is 0. The lowest BCUT2D eigenvalue weighted by atomic mass is 10.0. The quantitative estimate of drug-likeness (QED) is 0.934. The zero-order chi connectivity index (χ0) is 14.9. The van der Waals surface area contributed by atoms with Crippen LogP contribution in [0, 0.1) is 13.8 Å². The van der Waals surface area contributed by atoms with E-state index in [1.165, 1.54) is 6.20 Å². The van der Waals surface area contributed by atoms with E-state index in [4.69, 9.17) is 11.6 Å². The summed E-state index contributed by atoms with van der Waals surface area (Å²) in [5.41, 5.74) is 3.11. The first-order valence-electron chi connectivity index (χ1n) is 6.00. The van der Waals surface area contributed by atoms with Crippen LogP contribution >= 0.6 is 22.9 Å². The lowest BCUT2D eigenvalue weighted by Crippen LogP contribution is -2.26. The molecule has 0 saturated heterocycles. The largest absolute Gasteiger partial charge is 0.252 e. The van der Waals surface area contributed by atoms with Crippen LogP contribution in [-0.2, 0) is 10.0 Å². The van der Waals surface area contributed by atoms with Crippen LogP contribution in [0.25, 0.3) is 0 Å². The van der Waals surface area contributed by atoms with Crippen LogP contribution in [-0.4, -0.2) is 13.4 Å². The number of nitrogens with one attached hydrogen (secondary N) is 1. The molecular formula is C13H15ClN2O2S2. The van der Waals surface area contributed by atoms with Crippen LogP contribution in [0.5, 0.6) is 0 Å². The number of hydrogen-bond acceptors (Lipinski definition) is 4. The van der Waals surface area contributed by atoms with E-state index in [1.807, 2.05) is 39.0 Å². The number of rotatable bonds is 4. The molecule has 0 aliphatic rings. The van der Waals surface area contributed by atoms with Gasteiger partial charge in [0, 0.05) is 6.04 Å². The fraction of sp³-hybridized carbons (Fsp3) is 0.308. The fourth-order valence-electron chi connectivity index (χ4n) is 1.94. The van der Waals surface area contributed by atoms with Gasteiger partial charge in [0.25, 0.3) is 10.0 Å². The van der Waals surface area contributed by atoms with Crippen molar-refractivity contribution in [3.8, 4) is 0 Å². The second-order valence-electron chi connectivity index (χ2n) is 4.64. The first-order chi connectivity index (χ1) is 9.29. The molecule has 108 valence electrons. The van der Waals surface area contributed by atoms with Crippen molar-refractivity contribution in [1.29, 1.82) is 0 Å². The molecule has 0 fully saturated rings. The molecule has 2 rings (SSSR count). The number of nitrogens with zero attached hydrogens (tertiary/aromatic N) is 1. The Morgan fingerprint density at radius 3 is 2.65 bits per heavy atom. The van der Waals surface area contributed by atoms with Crippen LogP contribution in [0.1, 0.15) is 29.7 Å². The van der Waals surface area contributed by atoms with Gasteiger partial charge < -0.3 is 0 Å². The van der Waals surface area contributed by atoms with E-state index in [0.29, 0.717) is 0 Å². The van der Waals surface area contributed by atoms with Crippen LogP contribution in [0.15, 0.2) is 28.6 Å². The standard InChI is InChI=1S/C13H15ClN2O2S2/c1-8-4-5-9(2)11(6-8)10(3)16-20(17,18)12-7-15-13(14)19-12/h4-7,10,16H,1-3H3. The topological polar surface area (TPSA) is 59.1 Å². The van der Waals surface area contributed by atoms with Gasteiger partial charge in [-0.15, -0.1) is 0 Å². The highest BCUT2D eigenvalue weighted by atomic mass is 35.5. The van der Waals surface area contributed by atoms with Crippen molar-refractivity contribution in [1.82, 2.24) is 9.71 Å². The molecule has 1 N–H and O–H groups in total. The molecule has 1 unspecified atom stereocenters. The maximum Gasteiger partial charge on any atom is 0.252 e. The Morgan fingerprint density at radius 1 is 1.35 bits per heavy atom. The first-order valence-corrected chi connectivity index (χ1v) is 8.68. The molecule has 7 heteroatoms. The Balaban J connectivity index is 2.27. The summed E-state index contributed by atoms with van der Waals surface area (Å²) in [5, 5.41) is 0. The SMILES string of the molecule is Cc1ccc(C)c(C(C)NS(=O)(=O)c2cnc(Cl)s2)c1.